The van der Waals surface area contributed by atoms with Crippen LogP contribution in [0.3, 0.4) is 0 Å². The molecule has 1 N–H and O–H groups in total. The number of methoxy groups -OCH3 is 1. The Bertz CT molecular complexity index is 901. The average Bonchev–Trinajstić information content (AvgIpc) is 3.15. The summed E-state index contributed by atoms with van der Waals surface area (Å²) in [5.74, 6) is 1.35. The van der Waals surface area contributed by atoms with Gasteiger partial charge in [0, 0.05) is 36.4 Å². The Kier molecular flexibility index (Phi) is 4.61. The lowest BCUT2D eigenvalue weighted by molar-refractivity contribution is 0.0673. The molecule has 134 valence electrons. The molecular weight excluding hydrogens is 326 g/mol. The van der Waals surface area contributed by atoms with Crippen molar-refractivity contribution in [3.63, 3.8) is 0 Å². The number of fused-ring (bicyclic) bond motifs is 1. The highest BCUT2D eigenvalue weighted by molar-refractivity contribution is 5.94. The fourth-order valence-electron chi connectivity index (χ4n) is 3.76. The van der Waals surface area contributed by atoms with Gasteiger partial charge in [0.1, 0.15) is 11.4 Å². The van der Waals surface area contributed by atoms with E-state index in [1.54, 1.807) is 7.11 Å². The number of H-pyrrole nitrogens is 1. The number of nitrogens with zero attached hydrogens (tertiary/aromatic N) is 2. The average molecular weight is 349 g/mol. The number of piperidine rings is 1. The molecular formula is C21H23N3O2. The maximum atomic E-state index is 12.8. The summed E-state index contributed by atoms with van der Waals surface area (Å²) in [7, 11) is 1.63. The number of carbonyl (C=O) groups excluding carboxylic acids is 1. The summed E-state index contributed by atoms with van der Waals surface area (Å²) in [6.45, 7) is 1.63. The van der Waals surface area contributed by atoms with Crippen molar-refractivity contribution in [1.29, 1.82) is 0 Å². The highest BCUT2D eigenvalue weighted by Crippen LogP contribution is 2.24. The molecule has 0 unspecified atom stereocenters. The predicted molar refractivity (Wildman–Crippen MR) is 101 cm³/mol. The SMILES string of the molecule is COc1ccc(C(=O)N2CCC[C@@H](Cc3cnc4[nH]ccc4c3)C2)cc1. The van der Waals surface area contributed by atoms with Crippen molar-refractivity contribution in [3.05, 3.63) is 59.9 Å². The molecule has 26 heavy (non-hydrogen) atoms. The summed E-state index contributed by atoms with van der Waals surface area (Å²) in [5.41, 5.74) is 2.89. The van der Waals surface area contributed by atoms with Crippen LogP contribution >= 0.6 is 0 Å². The second-order valence-corrected chi connectivity index (χ2v) is 6.95. The largest absolute Gasteiger partial charge is 0.497 e. The number of likely N-dealkylation sites (tertiary alicyclic amines) is 1. The number of aromatic amines is 1. The first-order valence-corrected chi connectivity index (χ1v) is 9.08. The summed E-state index contributed by atoms with van der Waals surface area (Å²) in [5, 5.41) is 1.14. The van der Waals surface area contributed by atoms with Crippen LogP contribution in [0.4, 0.5) is 0 Å². The number of carbonyl (C=O) groups is 1. The second kappa shape index (κ2) is 7.20. The number of benzene rings is 1. The van der Waals surface area contributed by atoms with Gasteiger partial charge in [-0.1, -0.05) is 0 Å². The van der Waals surface area contributed by atoms with Crippen LogP contribution in [0, 0.1) is 5.92 Å². The minimum absolute atomic E-state index is 0.108. The summed E-state index contributed by atoms with van der Waals surface area (Å²) in [6.07, 6.45) is 7.02. The second-order valence-electron chi connectivity index (χ2n) is 6.95. The first kappa shape index (κ1) is 16.6. The van der Waals surface area contributed by atoms with Crippen molar-refractivity contribution in [3.8, 4) is 5.75 Å². The van der Waals surface area contributed by atoms with Crippen molar-refractivity contribution in [2.75, 3.05) is 20.2 Å². The Labute approximate surface area is 153 Å². The number of hydrogen-bond donors (Lipinski definition) is 1. The molecule has 1 aliphatic rings. The molecule has 0 radical (unpaired) electrons. The number of nitrogens with one attached hydrogen (secondary N) is 1. The van der Waals surface area contributed by atoms with E-state index in [1.165, 1.54) is 5.56 Å². The van der Waals surface area contributed by atoms with E-state index in [9.17, 15) is 4.79 Å². The Morgan fingerprint density at radius 1 is 1.31 bits per heavy atom. The number of aromatic nitrogens is 2. The van der Waals surface area contributed by atoms with Crippen molar-refractivity contribution >= 4 is 16.9 Å². The van der Waals surface area contributed by atoms with Gasteiger partial charge >= 0.3 is 0 Å². The first-order chi connectivity index (χ1) is 12.7. The fourth-order valence-corrected chi connectivity index (χ4v) is 3.76. The van der Waals surface area contributed by atoms with Gasteiger partial charge in [0.05, 0.1) is 7.11 Å². The molecule has 5 nitrogen and oxygen atoms in total. The minimum Gasteiger partial charge on any atom is -0.497 e. The van der Waals surface area contributed by atoms with Gasteiger partial charge in [0.15, 0.2) is 0 Å². The van der Waals surface area contributed by atoms with Crippen LogP contribution < -0.4 is 4.74 Å². The number of pyridine rings is 1. The molecule has 0 spiro atoms. The van der Waals surface area contributed by atoms with E-state index in [-0.39, 0.29) is 5.91 Å². The lowest BCUT2D eigenvalue weighted by atomic mass is 9.91. The maximum Gasteiger partial charge on any atom is 0.253 e. The number of rotatable bonds is 4. The molecule has 1 amide bonds. The molecule has 1 saturated heterocycles. The van der Waals surface area contributed by atoms with Crippen LogP contribution in [-0.4, -0.2) is 41.0 Å². The van der Waals surface area contributed by atoms with E-state index in [2.05, 4.69) is 16.0 Å². The van der Waals surface area contributed by atoms with Crippen LogP contribution in [0.1, 0.15) is 28.8 Å². The molecule has 1 fully saturated rings. The molecule has 3 aromatic rings. The molecule has 0 bridgehead atoms. The molecule has 1 aliphatic heterocycles. The van der Waals surface area contributed by atoms with Gasteiger partial charge in [-0.05, 0) is 67.1 Å². The van der Waals surface area contributed by atoms with E-state index in [4.69, 9.17) is 4.74 Å². The summed E-state index contributed by atoms with van der Waals surface area (Å²) < 4.78 is 5.17. The third kappa shape index (κ3) is 3.43. The smallest absolute Gasteiger partial charge is 0.253 e. The van der Waals surface area contributed by atoms with Gasteiger partial charge in [-0.3, -0.25) is 4.79 Å². The molecule has 0 saturated carbocycles. The molecule has 1 aromatic carbocycles. The Morgan fingerprint density at radius 3 is 2.96 bits per heavy atom. The van der Waals surface area contributed by atoms with Crippen molar-refractivity contribution < 1.29 is 9.53 Å². The normalized spacial score (nSPS) is 17.4. The maximum absolute atomic E-state index is 12.8. The van der Waals surface area contributed by atoms with E-state index in [0.29, 0.717) is 5.92 Å². The van der Waals surface area contributed by atoms with Crippen molar-refractivity contribution in [1.82, 2.24) is 14.9 Å². The fraction of sp³-hybridized carbons (Fsp3) is 0.333. The molecule has 3 heterocycles. The summed E-state index contributed by atoms with van der Waals surface area (Å²) in [6, 6.07) is 11.6. The highest BCUT2D eigenvalue weighted by Gasteiger charge is 2.24. The van der Waals surface area contributed by atoms with E-state index in [1.807, 2.05) is 47.6 Å². The highest BCUT2D eigenvalue weighted by atomic mass is 16.5. The molecule has 4 rings (SSSR count). The monoisotopic (exact) mass is 349 g/mol. The zero-order chi connectivity index (χ0) is 17.9. The standard InChI is InChI=1S/C21H23N3O2/c1-26-19-6-4-17(5-7-19)21(25)24-10-2-3-15(14-24)11-16-12-18-8-9-22-20(18)23-13-16/h4-9,12-13,15H,2-3,10-11,14H2,1H3,(H,22,23)/t15-/m0/s1. The van der Waals surface area contributed by atoms with Crippen LogP contribution in [-0.2, 0) is 6.42 Å². The molecule has 1 atom stereocenters. The lowest BCUT2D eigenvalue weighted by Gasteiger charge is -2.33. The zero-order valence-corrected chi connectivity index (χ0v) is 14.9. The van der Waals surface area contributed by atoms with Crippen LogP contribution in [0.2, 0.25) is 0 Å². The summed E-state index contributed by atoms with van der Waals surface area (Å²) >= 11 is 0. The van der Waals surface area contributed by atoms with Crippen LogP contribution in [0.5, 0.6) is 5.75 Å². The van der Waals surface area contributed by atoms with Gasteiger partial charge in [-0.2, -0.15) is 0 Å². The Morgan fingerprint density at radius 2 is 2.15 bits per heavy atom. The van der Waals surface area contributed by atoms with Gasteiger partial charge in [-0.15, -0.1) is 0 Å². The number of hydrogen-bond acceptors (Lipinski definition) is 3. The molecule has 5 heteroatoms. The topological polar surface area (TPSA) is 58.2 Å². The predicted octanol–water partition coefficient (Wildman–Crippen LogP) is 3.67. The van der Waals surface area contributed by atoms with Crippen molar-refractivity contribution in [2.24, 2.45) is 5.92 Å². The minimum atomic E-state index is 0.108. The van der Waals surface area contributed by atoms with Gasteiger partial charge in [0.25, 0.3) is 5.91 Å². The third-order valence-corrected chi connectivity index (χ3v) is 5.12. The van der Waals surface area contributed by atoms with E-state index < -0.39 is 0 Å². The van der Waals surface area contributed by atoms with E-state index >= 15 is 0 Å². The Balaban J connectivity index is 1.43. The number of amides is 1. The van der Waals surface area contributed by atoms with E-state index in [0.717, 1.165) is 54.7 Å². The van der Waals surface area contributed by atoms with Gasteiger partial charge < -0.3 is 14.6 Å². The summed E-state index contributed by atoms with van der Waals surface area (Å²) in [4.78, 5) is 22.4. The zero-order valence-electron chi connectivity index (χ0n) is 14.9. The molecule has 0 aliphatic carbocycles. The van der Waals surface area contributed by atoms with Crippen LogP contribution in [0.15, 0.2) is 48.8 Å². The quantitative estimate of drug-likeness (QED) is 0.782. The lowest BCUT2D eigenvalue weighted by Crippen LogP contribution is -2.40. The Hall–Kier alpha value is -2.82. The van der Waals surface area contributed by atoms with Crippen molar-refractivity contribution in [2.45, 2.75) is 19.3 Å². The van der Waals surface area contributed by atoms with Gasteiger partial charge in [-0.25, -0.2) is 4.98 Å². The van der Waals surface area contributed by atoms with Gasteiger partial charge in [0.2, 0.25) is 0 Å². The third-order valence-electron chi connectivity index (χ3n) is 5.12. The van der Waals surface area contributed by atoms with Crippen LogP contribution in [0.25, 0.3) is 11.0 Å². The molecule has 2 aromatic heterocycles. The number of ether oxygens (including phenoxy) is 1. The first-order valence-electron chi connectivity index (χ1n) is 9.08.